The minimum atomic E-state index is -0.374. The first kappa shape index (κ1) is 13.1. The Morgan fingerprint density at radius 3 is 2.56 bits per heavy atom. The lowest BCUT2D eigenvalue weighted by Crippen LogP contribution is -2.05. The van der Waals surface area contributed by atoms with Crippen LogP contribution in [-0.4, -0.2) is 20.1 Å². The van der Waals surface area contributed by atoms with Crippen LogP contribution in [0.5, 0.6) is 0 Å². The average molecular weight is 239 g/mol. The van der Waals surface area contributed by atoms with Gasteiger partial charge in [0.1, 0.15) is 0 Å². The Balaban J connectivity index is 2.96. The lowest BCUT2D eigenvalue weighted by atomic mass is 10.1. The molecule has 3 heteroatoms. The van der Waals surface area contributed by atoms with Gasteiger partial charge < -0.3 is 9.47 Å². The van der Waals surface area contributed by atoms with E-state index in [9.17, 15) is 0 Å². The van der Waals surface area contributed by atoms with Crippen LogP contribution >= 0.6 is 11.6 Å². The summed E-state index contributed by atoms with van der Waals surface area (Å²) in [5, 5.41) is 0. The maximum atomic E-state index is 5.57. The smallest absolute Gasteiger partial charge is 0.184 e. The van der Waals surface area contributed by atoms with Gasteiger partial charge in [-0.3, -0.25) is 0 Å². The number of hydrogen-bond acceptors (Lipinski definition) is 2. The molecule has 0 aromatic heterocycles. The number of halogens is 1. The van der Waals surface area contributed by atoms with E-state index in [-0.39, 0.29) is 6.29 Å². The van der Waals surface area contributed by atoms with Crippen LogP contribution in [0.4, 0.5) is 0 Å². The van der Waals surface area contributed by atoms with E-state index in [2.05, 4.69) is 11.8 Å². The number of hydrogen-bond donors (Lipinski definition) is 0. The molecule has 2 nitrogen and oxygen atoms in total. The molecule has 0 saturated carbocycles. The third kappa shape index (κ3) is 3.53. The summed E-state index contributed by atoms with van der Waals surface area (Å²) in [5.41, 5.74) is 1.86. The number of alkyl halides is 1. The molecule has 1 aromatic rings. The second kappa shape index (κ2) is 7.29. The van der Waals surface area contributed by atoms with E-state index in [0.29, 0.717) is 12.3 Å². The van der Waals surface area contributed by atoms with Crippen LogP contribution in [0.15, 0.2) is 24.3 Å². The van der Waals surface area contributed by atoms with E-state index in [1.165, 1.54) is 0 Å². The summed E-state index contributed by atoms with van der Waals surface area (Å²) in [6.07, 6.45) is 0.307. The Kier molecular flexibility index (Phi) is 5.95. The van der Waals surface area contributed by atoms with Crippen molar-refractivity contribution in [1.29, 1.82) is 0 Å². The van der Waals surface area contributed by atoms with E-state index in [1.54, 1.807) is 14.2 Å². The summed E-state index contributed by atoms with van der Waals surface area (Å²) < 4.78 is 10.4. The van der Waals surface area contributed by atoms with Crippen LogP contribution in [0.1, 0.15) is 23.8 Å². The van der Waals surface area contributed by atoms with Gasteiger partial charge in [-0.25, -0.2) is 0 Å². The number of benzene rings is 1. The highest BCUT2D eigenvalue weighted by Gasteiger charge is 2.11. The van der Waals surface area contributed by atoms with Crippen molar-refractivity contribution in [3.8, 4) is 11.8 Å². The van der Waals surface area contributed by atoms with Crippen molar-refractivity contribution in [3.05, 3.63) is 35.4 Å². The van der Waals surface area contributed by atoms with Crippen LogP contribution in [0.3, 0.4) is 0 Å². The molecule has 0 bridgehead atoms. The maximum absolute atomic E-state index is 5.57. The van der Waals surface area contributed by atoms with Crippen LogP contribution in [0.25, 0.3) is 0 Å². The predicted octanol–water partition coefficient (Wildman–Crippen LogP) is 2.96. The fourth-order valence-electron chi connectivity index (χ4n) is 1.37. The Morgan fingerprint density at radius 1 is 1.25 bits per heavy atom. The predicted molar refractivity (Wildman–Crippen MR) is 65.4 cm³/mol. The highest BCUT2D eigenvalue weighted by Crippen LogP contribution is 2.20. The van der Waals surface area contributed by atoms with Crippen molar-refractivity contribution < 1.29 is 9.47 Å². The molecule has 1 aromatic carbocycles. The number of ether oxygens (including phenoxy) is 2. The van der Waals surface area contributed by atoms with E-state index in [4.69, 9.17) is 21.1 Å². The van der Waals surface area contributed by atoms with Gasteiger partial charge in [-0.2, -0.15) is 0 Å². The van der Waals surface area contributed by atoms with Gasteiger partial charge in [0.05, 0.1) is 0 Å². The molecule has 0 amide bonds. The molecule has 0 fully saturated rings. The van der Waals surface area contributed by atoms with Gasteiger partial charge in [0.25, 0.3) is 0 Å². The Labute approximate surface area is 102 Å². The average Bonchev–Trinajstić information content (AvgIpc) is 2.33. The van der Waals surface area contributed by atoms with Gasteiger partial charge in [0.2, 0.25) is 0 Å². The third-order valence-electron chi connectivity index (χ3n) is 2.09. The maximum Gasteiger partial charge on any atom is 0.184 e. The summed E-state index contributed by atoms with van der Waals surface area (Å²) >= 11 is 5.57. The Morgan fingerprint density at radius 2 is 1.94 bits per heavy atom. The minimum Gasteiger partial charge on any atom is -0.352 e. The van der Waals surface area contributed by atoms with Crippen LogP contribution in [0.2, 0.25) is 0 Å². The molecular formula is C13H15ClO2. The molecule has 0 saturated heterocycles. The highest BCUT2D eigenvalue weighted by molar-refractivity contribution is 6.18. The van der Waals surface area contributed by atoms with Crippen molar-refractivity contribution in [2.75, 3.05) is 20.1 Å². The largest absolute Gasteiger partial charge is 0.352 e. The number of methoxy groups -OCH3 is 2. The van der Waals surface area contributed by atoms with Crippen LogP contribution < -0.4 is 0 Å². The van der Waals surface area contributed by atoms with E-state index in [1.807, 2.05) is 24.3 Å². The lowest BCUT2D eigenvalue weighted by molar-refractivity contribution is -0.106. The zero-order chi connectivity index (χ0) is 11.8. The molecule has 0 aliphatic heterocycles. The molecule has 0 radical (unpaired) electrons. The van der Waals surface area contributed by atoms with Crippen molar-refractivity contribution in [1.82, 2.24) is 0 Å². The van der Waals surface area contributed by atoms with Crippen molar-refractivity contribution in [2.45, 2.75) is 12.7 Å². The monoisotopic (exact) mass is 238 g/mol. The Bertz CT molecular complexity index is 375. The molecule has 16 heavy (non-hydrogen) atoms. The molecule has 0 heterocycles. The van der Waals surface area contributed by atoms with E-state index in [0.717, 1.165) is 11.1 Å². The normalized spacial score (nSPS) is 10.0. The Hall–Kier alpha value is -1.01. The molecule has 0 N–H and O–H groups in total. The summed E-state index contributed by atoms with van der Waals surface area (Å²) in [7, 11) is 3.22. The summed E-state index contributed by atoms with van der Waals surface area (Å²) in [6.45, 7) is 0. The van der Waals surface area contributed by atoms with Crippen molar-refractivity contribution >= 4 is 11.6 Å². The lowest BCUT2D eigenvalue weighted by Gasteiger charge is -2.15. The minimum absolute atomic E-state index is 0.374. The molecule has 0 aliphatic rings. The standard InChI is InChI=1S/C13H15ClO2/c1-15-13(16-2)12-9-4-3-7-11(12)8-5-6-10-14/h3-4,7,9,13H,6,10H2,1-2H3. The topological polar surface area (TPSA) is 18.5 Å². The molecule has 0 aliphatic carbocycles. The summed E-state index contributed by atoms with van der Waals surface area (Å²) in [4.78, 5) is 0. The second-order valence-corrected chi connectivity index (χ2v) is 3.51. The number of rotatable bonds is 4. The summed E-state index contributed by atoms with van der Waals surface area (Å²) in [5.74, 6) is 6.62. The fourth-order valence-corrected chi connectivity index (χ4v) is 1.47. The SMILES string of the molecule is COC(OC)c1ccccc1C#CCCCl. The first-order valence-electron chi connectivity index (χ1n) is 5.02. The molecule has 0 atom stereocenters. The molecular weight excluding hydrogens is 224 g/mol. The van der Waals surface area contributed by atoms with Crippen LogP contribution in [0, 0.1) is 11.8 Å². The third-order valence-corrected chi connectivity index (χ3v) is 2.27. The molecule has 86 valence electrons. The first-order valence-corrected chi connectivity index (χ1v) is 5.56. The van der Waals surface area contributed by atoms with Gasteiger partial charge in [-0.15, -0.1) is 11.6 Å². The molecule has 0 unspecified atom stereocenters. The van der Waals surface area contributed by atoms with Gasteiger partial charge in [0.15, 0.2) is 6.29 Å². The van der Waals surface area contributed by atoms with Crippen molar-refractivity contribution in [3.63, 3.8) is 0 Å². The quantitative estimate of drug-likeness (QED) is 0.456. The molecule has 1 rings (SSSR count). The van der Waals surface area contributed by atoms with Gasteiger partial charge in [-0.1, -0.05) is 30.0 Å². The van der Waals surface area contributed by atoms with Gasteiger partial charge in [-0.05, 0) is 6.07 Å². The van der Waals surface area contributed by atoms with E-state index < -0.39 is 0 Å². The zero-order valence-corrected chi connectivity index (χ0v) is 10.3. The van der Waals surface area contributed by atoms with Crippen LogP contribution in [-0.2, 0) is 9.47 Å². The van der Waals surface area contributed by atoms with E-state index >= 15 is 0 Å². The zero-order valence-electron chi connectivity index (χ0n) is 9.50. The molecule has 0 spiro atoms. The first-order chi connectivity index (χ1) is 7.83. The van der Waals surface area contributed by atoms with Gasteiger partial charge in [0, 0.05) is 37.6 Å². The van der Waals surface area contributed by atoms with Gasteiger partial charge >= 0.3 is 0 Å². The summed E-state index contributed by atoms with van der Waals surface area (Å²) in [6, 6.07) is 7.77. The highest BCUT2D eigenvalue weighted by atomic mass is 35.5. The van der Waals surface area contributed by atoms with Crippen molar-refractivity contribution in [2.24, 2.45) is 0 Å². The fraction of sp³-hybridized carbons (Fsp3) is 0.385. The second-order valence-electron chi connectivity index (χ2n) is 3.13.